The number of benzene rings is 1. The topological polar surface area (TPSA) is 46.2 Å². The summed E-state index contributed by atoms with van der Waals surface area (Å²) in [6.45, 7) is 4.20. The Morgan fingerprint density at radius 2 is 2.00 bits per heavy atom. The Bertz CT molecular complexity index is 566. The molecule has 0 aromatic heterocycles. The fourth-order valence-electron chi connectivity index (χ4n) is 3.03. The molecule has 2 unspecified atom stereocenters. The van der Waals surface area contributed by atoms with Gasteiger partial charge in [0.15, 0.2) is 9.84 Å². The van der Waals surface area contributed by atoms with Gasteiger partial charge in [-0.1, -0.05) is 24.6 Å². The van der Waals surface area contributed by atoms with Crippen LogP contribution in [0, 0.1) is 13.8 Å². The molecule has 0 saturated carbocycles. The SMILES string of the molecule is CNC(Cc1ccc(C)c(C)c1)C1CCCCS1(=O)=O. The van der Waals surface area contributed by atoms with Gasteiger partial charge in [0.1, 0.15) is 0 Å². The number of rotatable bonds is 4. The van der Waals surface area contributed by atoms with Gasteiger partial charge in [0.2, 0.25) is 0 Å². The van der Waals surface area contributed by atoms with Gasteiger partial charge >= 0.3 is 0 Å². The number of hydrogen-bond donors (Lipinski definition) is 1. The van der Waals surface area contributed by atoms with Gasteiger partial charge in [-0.15, -0.1) is 0 Å². The summed E-state index contributed by atoms with van der Waals surface area (Å²) in [5.41, 5.74) is 3.76. The minimum atomic E-state index is -2.94. The van der Waals surface area contributed by atoms with E-state index in [1.54, 1.807) is 0 Å². The number of likely N-dealkylation sites (N-methyl/N-ethyl adjacent to an activating group) is 1. The van der Waals surface area contributed by atoms with Gasteiger partial charge in [0, 0.05) is 6.04 Å². The second-order valence-electron chi connectivity index (χ2n) is 5.92. The van der Waals surface area contributed by atoms with Crippen molar-refractivity contribution in [3.05, 3.63) is 34.9 Å². The van der Waals surface area contributed by atoms with Crippen molar-refractivity contribution >= 4 is 9.84 Å². The van der Waals surface area contributed by atoms with Crippen LogP contribution in [0.25, 0.3) is 0 Å². The highest BCUT2D eigenvalue weighted by Crippen LogP contribution is 2.24. The number of sulfone groups is 1. The molecule has 112 valence electrons. The van der Waals surface area contributed by atoms with E-state index in [0.29, 0.717) is 5.75 Å². The standard InChI is InChI=1S/C16H25NO2S/c1-12-7-8-14(10-13(12)2)11-15(17-3)16-6-4-5-9-20(16,18)19/h7-8,10,15-17H,4-6,9,11H2,1-3H3. The first-order chi connectivity index (χ1) is 9.44. The Morgan fingerprint density at radius 3 is 2.60 bits per heavy atom. The van der Waals surface area contributed by atoms with E-state index in [9.17, 15) is 8.42 Å². The van der Waals surface area contributed by atoms with Crippen molar-refractivity contribution in [3.63, 3.8) is 0 Å². The van der Waals surface area contributed by atoms with Gasteiger partial charge in [-0.2, -0.15) is 0 Å². The third-order valence-corrected chi connectivity index (χ3v) is 6.82. The van der Waals surface area contributed by atoms with Crippen LogP contribution < -0.4 is 5.32 Å². The third kappa shape index (κ3) is 3.41. The van der Waals surface area contributed by atoms with Crippen LogP contribution in [0.15, 0.2) is 18.2 Å². The summed E-state index contributed by atoms with van der Waals surface area (Å²) in [6.07, 6.45) is 3.41. The second-order valence-corrected chi connectivity index (χ2v) is 8.26. The van der Waals surface area contributed by atoms with Gasteiger partial charge in [-0.25, -0.2) is 8.42 Å². The average molecular weight is 295 g/mol. The Hall–Kier alpha value is -0.870. The van der Waals surface area contributed by atoms with Crippen LogP contribution in [-0.2, 0) is 16.3 Å². The lowest BCUT2D eigenvalue weighted by molar-refractivity contribution is 0.456. The van der Waals surface area contributed by atoms with E-state index < -0.39 is 9.84 Å². The lowest BCUT2D eigenvalue weighted by Crippen LogP contribution is -2.46. The lowest BCUT2D eigenvalue weighted by atomic mass is 9.97. The first-order valence-electron chi connectivity index (χ1n) is 7.39. The zero-order valence-corrected chi connectivity index (χ0v) is 13.5. The van der Waals surface area contributed by atoms with Crippen molar-refractivity contribution in [2.75, 3.05) is 12.8 Å². The van der Waals surface area contributed by atoms with Gasteiger partial charge < -0.3 is 5.32 Å². The second kappa shape index (κ2) is 6.27. The monoisotopic (exact) mass is 295 g/mol. The van der Waals surface area contributed by atoms with Crippen molar-refractivity contribution in [1.82, 2.24) is 5.32 Å². The van der Waals surface area contributed by atoms with Crippen molar-refractivity contribution in [3.8, 4) is 0 Å². The molecule has 0 bridgehead atoms. The van der Waals surface area contributed by atoms with Crippen molar-refractivity contribution < 1.29 is 8.42 Å². The molecule has 4 heteroatoms. The number of hydrogen-bond acceptors (Lipinski definition) is 3. The first kappa shape index (κ1) is 15.5. The molecule has 1 heterocycles. The maximum Gasteiger partial charge on any atom is 0.154 e. The molecule has 1 N–H and O–H groups in total. The van der Waals surface area contributed by atoms with Gasteiger partial charge in [-0.3, -0.25) is 0 Å². The highest BCUT2D eigenvalue weighted by atomic mass is 32.2. The van der Waals surface area contributed by atoms with E-state index in [1.165, 1.54) is 16.7 Å². The Morgan fingerprint density at radius 1 is 1.25 bits per heavy atom. The number of aryl methyl sites for hydroxylation is 2. The largest absolute Gasteiger partial charge is 0.315 e. The Kier molecular flexibility index (Phi) is 4.86. The van der Waals surface area contributed by atoms with Crippen LogP contribution in [0.4, 0.5) is 0 Å². The minimum Gasteiger partial charge on any atom is -0.315 e. The van der Waals surface area contributed by atoms with E-state index in [0.717, 1.165) is 25.7 Å². The van der Waals surface area contributed by atoms with Crippen LogP contribution >= 0.6 is 0 Å². The molecular weight excluding hydrogens is 270 g/mol. The smallest absolute Gasteiger partial charge is 0.154 e. The van der Waals surface area contributed by atoms with Crippen LogP contribution in [-0.4, -0.2) is 32.5 Å². The summed E-state index contributed by atoms with van der Waals surface area (Å²) < 4.78 is 24.5. The molecule has 2 atom stereocenters. The molecule has 1 aliphatic heterocycles. The van der Waals surface area contributed by atoms with Crippen LogP contribution in [0.1, 0.15) is 36.0 Å². The molecule has 1 aromatic rings. The molecular formula is C16H25NO2S. The minimum absolute atomic E-state index is 0.0161. The normalized spacial score (nSPS) is 23.4. The first-order valence-corrected chi connectivity index (χ1v) is 9.10. The Labute approximate surface area is 122 Å². The maximum absolute atomic E-state index is 12.3. The summed E-state index contributed by atoms with van der Waals surface area (Å²) in [5.74, 6) is 0.350. The maximum atomic E-state index is 12.3. The molecule has 0 spiro atoms. The molecule has 20 heavy (non-hydrogen) atoms. The van der Waals surface area contributed by atoms with Crippen LogP contribution in [0.5, 0.6) is 0 Å². The summed E-state index contributed by atoms with van der Waals surface area (Å²) in [5, 5.41) is 3.00. The van der Waals surface area contributed by atoms with E-state index in [-0.39, 0.29) is 11.3 Å². The average Bonchev–Trinajstić information content (AvgIpc) is 2.40. The van der Waals surface area contributed by atoms with E-state index in [1.807, 2.05) is 7.05 Å². The van der Waals surface area contributed by atoms with Crippen molar-refractivity contribution in [2.45, 2.75) is 50.8 Å². The highest BCUT2D eigenvalue weighted by Gasteiger charge is 2.34. The molecule has 0 aliphatic carbocycles. The molecule has 1 saturated heterocycles. The molecule has 1 aromatic carbocycles. The van der Waals surface area contributed by atoms with Crippen LogP contribution in [0.2, 0.25) is 0 Å². The molecule has 0 amide bonds. The molecule has 1 fully saturated rings. The highest BCUT2D eigenvalue weighted by molar-refractivity contribution is 7.92. The van der Waals surface area contributed by atoms with E-state index >= 15 is 0 Å². The third-order valence-electron chi connectivity index (χ3n) is 4.48. The predicted octanol–water partition coefficient (Wildman–Crippen LogP) is 2.40. The summed E-state index contributed by atoms with van der Waals surface area (Å²) in [4.78, 5) is 0. The van der Waals surface area contributed by atoms with Gasteiger partial charge in [0.25, 0.3) is 0 Å². The zero-order chi connectivity index (χ0) is 14.8. The number of nitrogens with one attached hydrogen (secondary N) is 1. The van der Waals surface area contributed by atoms with Crippen LogP contribution in [0.3, 0.4) is 0 Å². The fourth-order valence-corrected chi connectivity index (χ4v) is 5.20. The summed E-state index contributed by atoms with van der Waals surface area (Å²) >= 11 is 0. The van der Waals surface area contributed by atoms with Gasteiger partial charge in [0.05, 0.1) is 11.0 Å². The van der Waals surface area contributed by atoms with Crippen molar-refractivity contribution in [1.29, 1.82) is 0 Å². The summed E-state index contributed by atoms with van der Waals surface area (Å²) in [7, 11) is -1.06. The fraction of sp³-hybridized carbons (Fsp3) is 0.625. The molecule has 0 radical (unpaired) electrons. The molecule has 3 nitrogen and oxygen atoms in total. The zero-order valence-electron chi connectivity index (χ0n) is 12.6. The van der Waals surface area contributed by atoms with E-state index in [4.69, 9.17) is 0 Å². The van der Waals surface area contributed by atoms with Crippen molar-refractivity contribution in [2.24, 2.45) is 0 Å². The summed E-state index contributed by atoms with van der Waals surface area (Å²) in [6, 6.07) is 6.42. The predicted molar refractivity (Wildman–Crippen MR) is 83.9 cm³/mol. The molecule has 1 aliphatic rings. The van der Waals surface area contributed by atoms with Gasteiger partial charge in [-0.05, 0) is 56.8 Å². The van der Waals surface area contributed by atoms with E-state index in [2.05, 4.69) is 37.4 Å². The molecule has 2 rings (SSSR count). The Balaban J connectivity index is 2.18. The quantitative estimate of drug-likeness (QED) is 0.928. The lowest BCUT2D eigenvalue weighted by Gasteiger charge is -2.30.